The van der Waals surface area contributed by atoms with Crippen molar-refractivity contribution in [2.24, 2.45) is 11.7 Å². The fourth-order valence-electron chi connectivity index (χ4n) is 1.97. The lowest BCUT2D eigenvalue weighted by atomic mass is 9.91. The topological polar surface area (TPSA) is 55.6 Å². The first-order valence-electron chi connectivity index (χ1n) is 6.07. The van der Waals surface area contributed by atoms with Gasteiger partial charge in [0.25, 0.3) is 0 Å². The Morgan fingerprint density at radius 1 is 1.47 bits per heavy atom. The van der Waals surface area contributed by atoms with Gasteiger partial charge in [0.1, 0.15) is 5.60 Å². The average Bonchev–Trinajstić information content (AvgIpc) is 2.15. The van der Waals surface area contributed by atoms with Crippen molar-refractivity contribution in [3.8, 4) is 0 Å². The lowest BCUT2D eigenvalue weighted by Crippen LogP contribution is -2.50. The van der Waals surface area contributed by atoms with Gasteiger partial charge < -0.3 is 15.4 Å². The number of ether oxygens (including phenoxy) is 1. The molecule has 5 heteroatoms. The van der Waals surface area contributed by atoms with Gasteiger partial charge in [0, 0.05) is 19.1 Å². The van der Waals surface area contributed by atoms with Crippen molar-refractivity contribution in [2.75, 3.05) is 13.1 Å². The molecule has 0 spiro atoms. The molecule has 2 N–H and O–H groups in total. The van der Waals surface area contributed by atoms with E-state index in [9.17, 15) is 4.79 Å². The van der Waals surface area contributed by atoms with Crippen molar-refractivity contribution >= 4 is 18.5 Å². The standard InChI is InChI=1S/C12H24N2O2.ClH/c1-5-9-8-14(7-6-10(9)13)11(15)16-12(2,3)4;/h9-10H,5-8,13H2,1-4H3;1H/t9-,10+;/m1./s1. The van der Waals surface area contributed by atoms with Crippen molar-refractivity contribution in [1.29, 1.82) is 0 Å². The number of likely N-dealkylation sites (tertiary alicyclic amines) is 1. The molecule has 0 aromatic rings. The van der Waals surface area contributed by atoms with E-state index >= 15 is 0 Å². The van der Waals surface area contributed by atoms with Crippen LogP contribution in [0.15, 0.2) is 0 Å². The summed E-state index contributed by atoms with van der Waals surface area (Å²) in [5, 5.41) is 0. The summed E-state index contributed by atoms with van der Waals surface area (Å²) in [6.07, 6.45) is 1.68. The molecule has 0 aliphatic carbocycles. The predicted octanol–water partition coefficient (Wildman–Crippen LogP) is 2.40. The van der Waals surface area contributed by atoms with Gasteiger partial charge in [-0.05, 0) is 33.1 Å². The van der Waals surface area contributed by atoms with Crippen molar-refractivity contribution in [3.63, 3.8) is 0 Å². The first-order chi connectivity index (χ1) is 7.33. The molecule has 0 unspecified atom stereocenters. The van der Waals surface area contributed by atoms with Crippen LogP contribution in [0.25, 0.3) is 0 Å². The largest absolute Gasteiger partial charge is 0.444 e. The second kappa shape index (κ2) is 6.45. The van der Waals surface area contributed by atoms with E-state index in [1.54, 1.807) is 4.90 Å². The van der Waals surface area contributed by atoms with Gasteiger partial charge in [-0.15, -0.1) is 12.4 Å². The van der Waals surface area contributed by atoms with Gasteiger partial charge in [-0.1, -0.05) is 13.3 Å². The lowest BCUT2D eigenvalue weighted by molar-refractivity contribution is 0.0146. The summed E-state index contributed by atoms with van der Waals surface area (Å²) in [4.78, 5) is 13.6. The van der Waals surface area contributed by atoms with Crippen LogP contribution in [0.3, 0.4) is 0 Å². The summed E-state index contributed by atoms with van der Waals surface area (Å²) >= 11 is 0. The SMILES string of the molecule is CC[C@@H]1CN(C(=O)OC(C)(C)C)CC[C@@H]1N.Cl. The molecule has 1 aliphatic rings. The van der Waals surface area contributed by atoms with E-state index in [4.69, 9.17) is 10.5 Å². The number of hydrogen-bond donors (Lipinski definition) is 1. The lowest BCUT2D eigenvalue weighted by Gasteiger charge is -2.37. The van der Waals surface area contributed by atoms with Crippen LogP contribution in [0.2, 0.25) is 0 Å². The molecule has 1 fully saturated rings. The molecule has 1 rings (SSSR count). The number of hydrogen-bond acceptors (Lipinski definition) is 3. The maximum absolute atomic E-state index is 11.8. The Balaban J connectivity index is 0.00000256. The molecule has 0 aromatic carbocycles. The van der Waals surface area contributed by atoms with Crippen LogP contribution in [0.1, 0.15) is 40.5 Å². The van der Waals surface area contributed by atoms with E-state index < -0.39 is 5.60 Å². The highest BCUT2D eigenvalue weighted by Crippen LogP contribution is 2.20. The van der Waals surface area contributed by atoms with Crippen LogP contribution in [0.5, 0.6) is 0 Å². The third-order valence-electron chi connectivity index (χ3n) is 2.97. The minimum atomic E-state index is -0.418. The molecule has 0 bridgehead atoms. The van der Waals surface area contributed by atoms with Crippen LogP contribution in [0.4, 0.5) is 4.79 Å². The Hall–Kier alpha value is -0.480. The second-order valence-corrected chi connectivity index (χ2v) is 5.55. The van der Waals surface area contributed by atoms with Gasteiger partial charge in [-0.3, -0.25) is 0 Å². The van der Waals surface area contributed by atoms with Gasteiger partial charge >= 0.3 is 6.09 Å². The molecule has 1 saturated heterocycles. The number of nitrogens with two attached hydrogens (primary N) is 1. The maximum atomic E-state index is 11.8. The molecule has 4 nitrogen and oxygen atoms in total. The Labute approximate surface area is 110 Å². The first-order valence-corrected chi connectivity index (χ1v) is 6.07. The molecule has 102 valence electrons. The minimum Gasteiger partial charge on any atom is -0.444 e. The monoisotopic (exact) mass is 264 g/mol. The molecule has 1 aliphatic heterocycles. The third kappa shape index (κ3) is 5.13. The number of rotatable bonds is 1. The molecule has 1 amide bonds. The Bertz CT molecular complexity index is 253. The zero-order valence-electron chi connectivity index (χ0n) is 11.2. The quantitative estimate of drug-likeness (QED) is 0.791. The average molecular weight is 265 g/mol. The first kappa shape index (κ1) is 16.5. The van der Waals surface area contributed by atoms with Gasteiger partial charge in [-0.25, -0.2) is 4.79 Å². The van der Waals surface area contributed by atoms with Gasteiger partial charge in [0.05, 0.1) is 0 Å². The van der Waals surface area contributed by atoms with Crippen LogP contribution < -0.4 is 5.73 Å². The summed E-state index contributed by atoms with van der Waals surface area (Å²) in [6, 6.07) is 0.226. The Morgan fingerprint density at radius 3 is 2.53 bits per heavy atom. The van der Waals surface area contributed by atoms with E-state index in [2.05, 4.69) is 6.92 Å². The maximum Gasteiger partial charge on any atom is 0.410 e. The van der Waals surface area contributed by atoms with Crippen molar-refractivity contribution in [2.45, 2.75) is 52.2 Å². The highest BCUT2D eigenvalue weighted by Gasteiger charge is 2.30. The van der Waals surface area contributed by atoms with Crippen molar-refractivity contribution < 1.29 is 9.53 Å². The molecule has 17 heavy (non-hydrogen) atoms. The summed E-state index contributed by atoms with van der Waals surface area (Å²) in [5.41, 5.74) is 5.58. The van der Waals surface area contributed by atoms with Gasteiger partial charge in [0.2, 0.25) is 0 Å². The summed E-state index contributed by atoms with van der Waals surface area (Å²) in [5.74, 6) is 0.404. The fraction of sp³-hybridized carbons (Fsp3) is 0.917. The predicted molar refractivity (Wildman–Crippen MR) is 71.4 cm³/mol. The Morgan fingerprint density at radius 2 is 2.06 bits per heavy atom. The molecule has 0 radical (unpaired) electrons. The van der Waals surface area contributed by atoms with Crippen LogP contribution in [0, 0.1) is 5.92 Å². The summed E-state index contributed by atoms with van der Waals surface area (Å²) in [6.45, 7) is 9.22. The molecule has 2 atom stereocenters. The normalized spacial score (nSPS) is 25.1. The molecular weight excluding hydrogens is 240 g/mol. The number of nitrogens with zero attached hydrogens (tertiary/aromatic N) is 1. The highest BCUT2D eigenvalue weighted by atomic mass is 35.5. The minimum absolute atomic E-state index is 0. The number of halogens is 1. The molecule has 1 heterocycles. The number of carbonyl (C=O) groups is 1. The van der Waals surface area contributed by atoms with Crippen LogP contribution in [-0.4, -0.2) is 35.7 Å². The number of carbonyl (C=O) groups excluding carboxylic acids is 1. The van der Waals surface area contributed by atoms with Crippen LogP contribution >= 0.6 is 12.4 Å². The zero-order valence-corrected chi connectivity index (χ0v) is 12.0. The van der Waals surface area contributed by atoms with Crippen molar-refractivity contribution in [3.05, 3.63) is 0 Å². The van der Waals surface area contributed by atoms with E-state index in [1.165, 1.54) is 0 Å². The van der Waals surface area contributed by atoms with E-state index in [0.29, 0.717) is 12.5 Å². The van der Waals surface area contributed by atoms with Gasteiger partial charge in [0.15, 0.2) is 0 Å². The fourth-order valence-corrected chi connectivity index (χ4v) is 1.97. The van der Waals surface area contributed by atoms with Crippen molar-refractivity contribution in [1.82, 2.24) is 4.90 Å². The van der Waals surface area contributed by atoms with Crippen LogP contribution in [-0.2, 0) is 4.74 Å². The second-order valence-electron chi connectivity index (χ2n) is 5.55. The van der Waals surface area contributed by atoms with E-state index in [-0.39, 0.29) is 24.5 Å². The van der Waals surface area contributed by atoms with E-state index in [0.717, 1.165) is 19.4 Å². The summed E-state index contributed by atoms with van der Waals surface area (Å²) < 4.78 is 5.35. The van der Waals surface area contributed by atoms with E-state index in [1.807, 2.05) is 20.8 Å². The third-order valence-corrected chi connectivity index (χ3v) is 2.97. The smallest absolute Gasteiger partial charge is 0.410 e. The molecule has 0 saturated carbocycles. The summed E-state index contributed by atoms with van der Waals surface area (Å²) in [7, 11) is 0. The number of piperidine rings is 1. The molecular formula is C12H25ClN2O2. The number of amides is 1. The zero-order chi connectivity index (χ0) is 12.3. The van der Waals surface area contributed by atoms with Gasteiger partial charge in [-0.2, -0.15) is 0 Å². The molecule has 0 aromatic heterocycles. The highest BCUT2D eigenvalue weighted by molar-refractivity contribution is 5.85. The Kier molecular flexibility index (Phi) is 6.27.